The van der Waals surface area contributed by atoms with Gasteiger partial charge >= 0.3 is 6.18 Å². The second-order valence-electron chi connectivity index (χ2n) is 12.3. The second-order valence-corrected chi connectivity index (χ2v) is 13.8. The van der Waals surface area contributed by atoms with E-state index in [-0.39, 0.29) is 17.4 Å². The molecule has 2 aromatic heterocycles. The van der Waals surface area contributed by atoms with Gasteiger partial charge in [-0.15, -0.1) is 0 Å². The molecular weight excluding hydrogens is 728 g/mol. The number of halogens is 3. The molecule has 1 aliphatic heterocycles. The van der Waals surface area contributed by atoms with Crippen molar-refractivity contribution in [2.24, 2.45) is 7.05 Å². The Labute approximate surface area is 310 Å². The van der Waals surface area contributed by atoms with Crippen molar-refractivity contribution in [2.45, 2.75) is 6.18 Å². The highest BCUT2D eigenvalue weighted by Crippen LogP contribution is 2.30. The Hall–Kier alpha value is -5.71. The van der Waals surface area contributed by atoms with Crippen LogP contribution in [0.5, 0.6) is 17.4 Å². The minimum atomic E-state index is -4.48. The summed E-state index contributed by atoms with van der Waals surface area (Å²) in [6.45, 7) is 3.64. The number of benzene rings is 3. The van der Waals surface area contributed by atoms with Gasteiger partial charge < -0.3 is 24.3 Å². The summed E-state index contributed by atoms with van der Waals surface area (Å²) >= 11 is 0. The first-order chi connectivity index (χ1) is 25.6. The third kappa shape index (κ3) is 10.9. The van der Waals surface area contributed by atoms with Crippen molar-refractivity contribution in [3.8, 4) is 17.4 Å². The van der Waals surface area contributed by atoms with E-state index < -0.39 is 27.8 Å². The molecule has 1 saturated heterocycles. The highest BCUT2D eigenvalue weighted by Gasteiger charge is 2.30. The molecule has 3 heterocycles. The lowest BCUT2D eigenvalue weighted by Crippen LogP contribution is -2.48. The molecule has 16 heteroatoms. The molecule has 0 atom stereocenters. The number of amides is 2. The summed E-state index contributed by atoms with van der Waals surface area (Å²) in [5, 5.41) is 3.45. The zero-order valence-corrected chi connectivity index (χ0v) is 30.4. The van der Waals surface area contributed by atoms with Crippen LogP contribution in [-0.4, -0.2) is 90.2 Å². The molecule has 0 unspecified atom stereocenters. The van der Waals surface area contributed by atoms with Crippen LogP contribution in [0, 0.1) is 0 Å². The number of hydrogen-bond acceptors (Lipinski definition) is 8. The maximum Gasteiger partial charge on any atom is 0.416 e. The Morgan fingerprint density at radius 1 is 0.926 bits per heavy atom. The van der Waals surface area contributed by atoms with E-state index in [4.69, 9.17) is 14.0 Å². The predicted octanol–water partition coefficient (Wildman–Crippen LogP) is 6.62. The molecule has 54 heavy (non-hydrogen) atoms. The number of carbonyl (C=O) groups is 2. The smallest absolute Gasteiger partial charge is 0.416 e. The van der Waals surface area contributed by atoms with Crippen LogP contribution in [0.1, 0.15) is 32.0 Å². The molecule has 6 rings (SSSR count). The maximum atomic E-state index is 13.5. The summed E-state index contributed by atoms with van der Waals surface area (Å²) in [6, 6.07) is 22.4. The number of piperazine rings is 1. The van der Waals surface area contributed by atoms with E-state index in [1.165, 1.54) is 6.20 Å². The number of nitrogens with zero attached hydrogens (tertiary/aromatic N) is 4. The average Bonchev–Trinajstić information content (AvgIpc) is 3.46. The molecule has 2 N–H and O–H groups in total. The third-order valence-corrected chi connectivity index (χ3v) is 8.37. The van der Waals surface area contributed by atoms with Crippen LogP contribution in [0.3, 0.4) is 0 Å². The number of rotatable bonds is 9. The van der Waals surface area contributed by atoms with Crippen LogP contribution < -0.4 is 14.8 Å². The van der Waals surface area contributed by atoms with E-state index in [1.54, 1.807) is 25.3 Å². The van der Waals surface area contributed by atoms with Crippen LogP contribution in [-0.2, 0) is 23.3 Å². The Bertz CT molecular complexity index is 2210. The number of nitrogens with one attached hydrogen (secondary N) is 1. The van der Waals surface area contributed by atoms with E-state index >= 15 is 0 Å². The summed E-state index contributed by atoms with van der Waals surface area (Å²) in [5.74, 6) is 1.03. The van der Waals surface area contributed by atoms with Crippen molar-refractivity contribution < 1.29 is 45.2 Å². The zero-order chi connectivity index (χ0) is 39.0. The summed E-state index contributed by atoms with van der Waals surface area (Å²) < 4.78 is 77.3. The quantitative estimate of drug-likeness (QED) is 0.158. The molecular formula is C38H38F3N5O7S. The first kappa shape index (κ1) is 39.5. The standard InChI is InChI=1S/C37H34F3N5O4.CH4O3S/c1-43-32-15-14-31(49-34-16-11-29(24-41-34)42-35(46)26-7-9-28(10-8-26)37(38,39)40)22-27(32)23-33(43)36(47)45-20-18-44(19-21-45)17-3-4-25-5-12-30(48-2)13-6-25;1-5(2,3)4/h3-16,22-24H,17-21H2,1-2H3,(H,42,46);1H3,(H,2,3,4)/b4-3+;. The molecule has 5 aromatic rings. The highest BCUT2D eigenvalue weighted by molar-refractivity contribution is 7.85. The number of aromatic nitrogens is 2. The van der Waals surface area contributed by atoms with Gasteiger partial charge in [-0.2, -0.15) is 21.6 Å². The van der Waals surface area contributed by atoms with Crippen LogP contribution in [0.4, 0.5) is 18.9 Å². The molecule has 0 radical (unpaired) electrons. The van der Waals surface area contributed by atoms with Gasteiger partial charge in [-0.05, 0) is 72.3 Å². The monoisotopic (exact) mass is 765 g/mol. The van der Waals surface area contributed by atoms with Crippen molar-refractivity contribution in [3.63, 3.8) is 0 Å². The van der Waals surface area contributed by atoms with Crippen molar-refractivity contribution in [3.05, 3.63) is 120 Å². The lowest BCUT2D eigenvalue weighted by atomic mass is 10.1. The molecule has 0 spiro atoms. The number of alkyl halides is 3. The summed E-state index contributed by atoms with van der Waals surface area (Å²) in [5.41, 5.74) is 2.18. The number of ether oxygens (including phenoxy) is 2. The number of pyridine rings is 1. The lowest BCUT2D eigenvalue weighted by molar-refractivity contribution is -0.137. The lowest BCUT2D eigenvalue weighted by Gasteiger charge is -2.34. The summed E-state index contributed by atoms with van der Waals surface area (Å²) in [4.78, 5) is 34.5. The van der Waals surface area contributed by atoms with Gasteiger partial charge in [-0.25, -0.2) is 4.98 Å². The summed E-state index contributed by atoms with van der Waals surface area (Å²) in [6.07, 6.45) is 1.86. The van der Waals surface area contributed by atoms with E-state index in [0.29, 0.717) is 36.5 Å². The van der Waals surface area contributed by atoms with Crippen LogP contribution in [0.2, 0.25) is 0 Å². The van der Waals surface area contributed by atoms with Crippen molar-refractivity contribution in [2.75, 3.05) is 51.4 Å². The predicted molar refractivity (Wildman–Crippen MR) is 198 cm³/mol. The molecule has 284 valence electrons. The fraction of sp³-hybridized carbons (Fsp3) is 0.237. The van der Waals surface area contributed by atoms with Crippen molar-refractivity contribution in [1.29, 1.82) is 0 Å². The van der Waals surface area contributed by atoms with E-state index in [0.717, 1.165) is 66.1 Å². The first-order valence-electron chi connectivity index (χ1n) is 16.5. The van der Waals surface area contributed by atoms with Crippen LogP contribution in [0.25, 0.3) is 17.0 Å². The van der Waals surface area contributed by atoms with Gasteiger partial charge in [0, 0.05) is 62.3 Å². The minimum absolute atomic E-state index is 0.0230. The van der Waals surface area contributed by atoms with Gasteiger partial charge in [0.15, 0.2) is 0 Å². The molecule has 0 saturated carbocycles. The fourth-order valence-electron chi connectivity index (χ4n) is 5.59. The maximum absolute atomic E-state index is 13.5. The molecule has 3 aromatic carbocycles. The van der Waals surface area contributed by atoms with Gasteiger partial charge in [0.25, 0.3) is 21.9 Å². The Morgan fingerprint density at radius 3 is 2.17 bits per heavy atom. The van der Waals surface area contributed by atoms with Gasteiger partial charge in [0.05, 0.1) is 30.8 Å². The number of carbonyl (C=O) groups excluding carboxylic acids is 2. The minimum Gasteiger partial charge on any atom is -0.497 e. The van der Waals surface area contributed by atoms with Gasteiger partial charge in [0.1, 0.15) is 17.2 Å². The molecule has 12 nitrogen and oxygen atoms in total. The summed E-state index contributed by atoms with van der Waals surface area (Å²) in [7, 11) is -0.147. The van der Waals surface area contributed by atoms with Crippen LogP contribution in [0.15, 0.2) is 97.2 Å². The van der Waals surface area contributed by atoms with Gasteiger partial charge in [0.2, 0.25) is 5.88 Å². The molecule has 1 aliphatic rings. The average molecular weight is 766 g/mol. The number of anilines is 1. The van der Waals surface area contributed by atoms with E-state index in [2.05, 4.69) is 27.4 Å². The van der Waals surface area contributed by atoms with Gasteiger partial charge in [-0.3, -0.25) is 19.0 Å². The van der Waals surface area contributed by atoms with Crippen molar-refractivity contribution in [1.82, 2.24) is 19.4 Å². The molecule has 2 amide bonds. The Kier molecular flexibility index (Phi) is 12.4. The Morgan fingerprint density at radius 2 is 1.57 bits per heavy atom. The largest absolute Gasteiger partial charge is 0.497 e. The first-order valence-corrected chi connectivity index (χ1v) is 18.4. The van der Waals surface area contributed by atoms with E-state index in [1.807, 2.05) is 59.0 Å². The molecule has 1 fully saturated rings. The molecule has 0 aliphatic carbocycles. The third-order valence-electron chi connectivity index (χ3n) is 8.37. The van der Waals surface area contributed by atoms with Crippen LogP contribution >= 0.6 is 0 Å². The zero-order valence-electron chi connectivity index (χ0n) is 29.6. The fourth-order valence-corrected chi connectivity index (χ4v) is 5.59. The normalized spacial score (nSPS) is 13.7. The topological polar surface area (TPSA) is 143 Å². The van der Waals surface area contributed by atoms with Gasteiger partial charge in [-0.1, -0.05) is 24.3 Å². The molecule has 0 bridgehead atoms. The highest BCUT2D eigenvalue weighted by atomic mass is 32.2. The van der Waals surface area contributed by atoms with Crippen molar-refractivity contribution >= 4 is 44.6 Å². The van der Waals surface area contributed by atoms with E-state index in [9.17, 15) is 31.2 Å². The number of aryl methyl sites for hydroxylation is 1. The number of fused-ring (bicyclic) bond motifs is 1. The second kappa shape index (κ2) is 17.0. The SMILES string of the molecule is COc1ccc(/C=C/CN2CCN(C(=O)c3cc4cc(Oc5ccc(NC(=O)c6ccc(C(F)(F)F)cc6)cn5)ccc4n3C)CC2)cc1.CS(=O)(=O)O. The number of methoxy groups -OCH3 is 1. The number of hydrogen-bond donors (Lipinski definition) is 2. The Balaban J connectivity index is 0.00000105.